The Labute approximate surface area is 191 Å². The summed E-state index contributed by atoms with van der Waals surface area (Å²) in [4.78, 5) is 30.7. The number of nitrogens with one attached hydrogen (secondary N) is 2. The zero-order chi connectivity index (χ0) is 20.5. The smallest absolute Gasteiger partial charge is 0.233 e. The van der Waals surface area contributed by atoms with Gasteiger partial charge in [-0.3, -0.25) is 19.5 Å². The van der Waals surface area contributed by atoms with Crippen molar-refractivity contribution in [1.29, 1.82) is 0 Å². The van der Waals surface area contributed by atoms with Crippen LogP contribution in [0.2, 0.25) is 0 Å². The zero-order valence-corrected chi connectivity index (χ0v) is 18.9. The highest BCUT2D eigenvalue weighted by Crippen LogP contribution is 2.52. The number of carbonyl (C=O) groups is 2. The molecule has 1 aliphatic heterocycles. The Morgan fingerprint density at radius 1 is 1.07 bits per heavy atom. The van der Waals surface area contributed by atoms with E-state index in [1.54, 1.807) is 7.05 Å². The Morgan fingerprint density at radius 2 is 1.63 bits per heavy atom. The molecule has 0 aromatic heterocycles. The molecule has 0 spiro atoms. The molecule has 4 atom stereocenters. The fourth-order valence-corrected chi connectivity index (χ4v) is 4.77. The van der Waals surface area contributed by atoms with E-state index in [1.807, 2.05) is 0 Å². The molecule has 3 aliphatic rings. The maximum absolute atomic E-state index is 13.7. The van der Waals surface area contributed by atoms with E-state index in [4.69, 9.17) is 0 Å². The number of carbonyl (C=O) groups excluding carboxylic acids is 2. The lowest BCUT2D eigenvalue weighted by molar-refractivity contribution is -0.140. The molecule has 2 aliphatic carbocycles. The number of benzene rings is 1. The number of rotatable bonds is 6. The molecule has 4 unspecified atom stereocenters. The van der Waals surface area contributed by atoms with E-state index in [9.17, 15) is 18.4 Å². The van der Waals surface area contributed by atoms with Crippen molar-refractivity contribution in [3.8, 4) is 0 Å². The van der Waals surface area contributed by atoms with Gasteiger partial charge in [0.05, 0.1) is 11.8 Å². The Hall–Kier alpha value is -2.04. The summed E-state index contributed by atoms with van der Waals surface area (Å²) in [5, 5.41) is 6.04. The lowest BCUT2D eigenvalue weighted by Gasteiger charge is -2.18. The third kappa shape index (κ3) is 4.08. The summed E-state index contributed by atoms with van der Waals surface area (Å²) < 4.78 is 27.3. The van der Waals surface area contributed by atoms with E-state index in [0.717, 1.165) is 6.42 Å². The SMILES string of the molecule is CN=C(NCCc1c(F)cccc1F)NCCN1C(=O)C2C3C=CC(C3)C2C1=O.I. The Morgan fingerprint density at radius 3 is 2.20 bits per heavy atom. The van der Waals surface area contributed by atoms with E-state index >= 15 is 0 Å². The minimum absolute atomic E-state index is 0. The molecule has 1 saturated heterocycles. The van der Waals surface area contributed by atoms with E-state index in [-0.39, 0.29) is 84.5 Å². The van der Waals surface area contributed by atoms with Crippen LogP contribution in [0.15, 0.2) is 35.3 Å². The van der Waals surface area contributed by atoms with Crippen molar-refractivity contribution in [3.05, 3.63) is 47.5 Å². The summed E-state index contributed by atoms with van der Waals surface area (Å²) >= 11 is 0. The monoisotopic (exact) mass is 530 g/mol. The average Bonchev–Trinajstić information content (AvgIpc) is 3.38. The molecule has 1 heterocycles. The van der Waals surface area contributed by atoms with E-state index in [1.165, 1.54) is 23.1 Å². The van der Waals surface area contributed by atoms with Gasteiger partial charge in [0, 0.05) is 32.2 Å². The van der Waals surface area contributed by atoms with Crippen LogP contribution in [-0.2, 0) is 16.0 Å². The molecule has 1 aromatic rings. The summed E-state index contributed by atoms with van der Waals surface area (Å²) in [6.45, 7) is 0.915. The molecule has 9 heteroatoms. The number of fused-ring (bicyclic) bond motifs is 5. The van der Waals surface area contributed by atoms with Crippen LogP contribution in [0.3, 0.4) is 0 Å². The van der Waals surface area contributed by atoms with Crippen molar-refractivity contribution < 1.29 is 18.4 Å². The van der Waals surface area contributed by atoms with Crippen molar-refractivity contribution in [1.82, 2.24) is 15.5 Å². The summed E-state index contributed by atoms with van der Waals surface area (Å²) in [5.74, 6) is -0.822. The zero-order valence-electron chi connectivity index (χ0n) is 16.6. The van der Waals surface area contributed by atoms with Gasteiger partial charge >= 0.3 is 0 Å². The quantitative estimate of drug-likeness (QED) is 0.194. The highest BCUT2D eigenvalue weighted by molar-refractivity contribution is 14.0. The molecular formula is C21H25F2IN4O2. The van der Waals surface area contributed by atoms with Crippen LogP contribution < -0.4 is 10.6 Å². The first-order valence-electron chi connectivity index (χ1n) is 9.92. The topological polar surface area (TPSA) is 73.8 Å². The maximum atomic E-state index is 13.7. The Kier molecular flexibility index (Phi) is 7.10. The molecule has 2 fully saturated rings. The molecular weight excluding hydrogens is 505 g/mol. The predicted molar refractivity (Wildman–Crippen MR) is 119 cm³/mol. The summed E-state index contributed by atoms with van der Waals surface area (Å²) in [6, 6.07) is 3.79. The summed E-state index contributed by atoms with van der Waals surface area (Å²) in [6.07, 6.45) is 5.23. The van der Waals surface area contributed by atoms with Gasteiger partial charge in [0.2, 0.25) is 11.8 Å². The lowest BCUT2D eigenvalue weighted by Crippen LogP contribution is -2.44. The number of guanidine groups is 1. The van der Waals surface area contributed by atoms with Gasteiger partial charge in [0.15, 0.2) is 5.96 Å². The third-order valence-electron chi connectivity index (χ3n) is 6.14. The molecule has 1 aromatic carbocycles. The highest BCUT2D eigenvalue weighted by Gasteiger charge is 2.58. The molecule has 2 N–H and O–H groups in total. The Bertz CT molecular complexity index is 842. The van der Waals surface area contributed by atoms with Gasteiger partial charge < -0.3 is 10.6 Å². The van der Waals surface area contributed by atoms with Crippen molar-refractivity contribution in [3.63, 3.8) is 0 Å². The molecule has 2 amide bonds. The normalized spacial score (nSPS) is 26.8. The van der Waals surface area contributed by atoms with Gasteiger partial charge in [-0.05, 0) is 36.8 Å². The Balaban J connectivity index is 0.00000256. The highest BCUT2D eigenvalue weighted by atomic mass is 127. The molecule has 30 heavy (non-hydrogen) atoms. The van der Waals surface area contributed by atoms with E-state index in [0.29, 0.717) is 12.5 Å². The number of amides is 2. The first-order chi connectivity index (χ1) is 14.0. The number of halogens is 3. The van der Waals surface area contributed by atoms with Gasteiger partial charge in [0.1, 0.15) is 11.6 Å². The van der Waals surface area contributed by atoms with Crippen LogP contribution in [0.4, 0.5) is 8.78 Å². The van der Waals surface area contributed by atoms with Crippen LogP contribution in [0.25, 0.3) is 0 Å². The maximum Gasteiger partial charge on any atom is 0.233 e. The first-order valence-corrected chi connectivity index (χ1v) is 9.92. The van der Waals surface area contributed by atoms with Gasteiger partial charge in [0.25, 0.3) is 0 Å². The van der Waals surface area contributed by atoms with Gasteiger partial charge in [-0.2, -0.15) is 0 Å². The number of hydrogen-bond donors (Lipinski definition) is 2. The van der Waals surface area contributed by atoms with Gasteiger partial charge in [-0.15, -0.1) is 24.0 Å². The van der Waals surface area contributed by atoms with Crippen molar-refractivity contribution in [2.75, 3.05) is 26.7 Å². The number of allylic oxidation sites excluding steroid dienone is 2. The van der Waals surface area contributed by atoms with Crippen LogP contribution in [0, 0.1) is 35.3 Å². The van der Waals surface area contributed by atoms with Gasteiger partial charge in [-0.25, -0.2) is 8.78 Å². The number of likely N-dealkylation sites (tertiary alicyclic amines) is 1. The molecule has 1 saturated carbocycles. The lowest BCUT2D eigenvalue weighted by atomic mass is 9.85. The molecule has 2 bridgehead atoms. The van der Waals surface area contributed by atoms with E-state index < -0.39 is 11.6 Å². The van der Waals surface area contributed by atoms with Crippen molar-refractivity contribution >= 4 is 41.8 Å². The second-order valence-electron chi connectivity index (χ2n) is 7.70. The molecule has 6 nitrogen and oxygen atoms in total. The fourth-order valence-electron chi connectivity index (χ4n) is 4.77. The second-order valence-corrected chi connectivity index (χ2v) is 7.70. The number of hydrogen-bond acceptors (Lipinski definition) is 3. The number of imide groups is 1. The van der Waals surface area contributed by atoms with Crippen LogP contribution in [0.5, 0.6) is 0 Å². The molecule has 4 rings (SSSR count). The second kappa shape index (κ2) is 9.40. The first kappa shape index (κ1) is 22.6. The molecule has 0 radical (unpaired) electrons. The predicted octanol–water partition coefficient (Wildman–Crippen LogP) is 2.10. The summed E-state index contributed by atoms with van der Waals surface area (Å²) in [7, 11) is 1.58. The van der Waals surface area contributed by atoms with E-state index in [2.05, 4.69) is 27.8 Å². The van der Waals surface area contributed by atoms with Crippen molar-refractivity contribution in [2.24, 2.45) is 28.7 Å². The van der Waals surface area contributed by atoms with Crippen LogP contribution in [0.1, 0.15) is 12.0 Å². The van der Waals surface area contributed by atoms with Crippen LogP contribution in [-0.4, -0.2) is 49.4 Å². The minimum Gasteiger partial charge on any atom is -0.356 e. The standard InChI is InChI=1S/C21H24F2N4O2.HI/c1-24-21(25-8-7-14-15(22)3-2-4-16(14)23)26-9-10-27-19(28)17-12-5-6-13(11-12)18(17)20(27)29;/h2-6,12-13,17-18H,7-11H2,1H3,(H2,24,25,26);1H. The summed E-state index contributed by atoms with van der Waals surface area (Å²) in [5.41, 5.74) is 0.0264. The largest absolute Gasteiger partial charge is 0.356 e. The third-order valence-corrected chi connectivity index (χ3v) is 6.14. The van der Waals surface area contributed by atoms with Gasteiger partial charge in [-0.1, -0.05) is 18.2 Å². The fraction of sp³-hybridized carbons (Fsp3) is 0.476. The van der Waals surface area contributed by atoms with Crippen molar-refractivity contribution in [2.45, 2.75) is 12.8 Å². The van der Waals surface area contributed by atoms with Crippen LogP contribution >= 0.6 is 24.0 Å². The average molecular weight is 530 g/mol. The number of aliphatic imine (C=N–C) groups is 1. The minimum atomic E-state index is -0.574. The molecule has 162 valence electrons. The number of nitrogens with zero attached hydrogens (tertiary/aromatic N) is 2.